The Kier molecular flexibility index (Phi) is 4.51. The monoisotopic (exact) mass is 384 g/mol. The molecule has 1 aliphatic rings. The van der Waals surface area contributed by atoms with Gasteiger partial charge in [0, 0.05) is 11.3 Å². The number of rotatable bonds is 3. The van der Waals surface area contributed by atoms with Crippen LogP contribution in [0, 0.1) is 20.8 Å². The first-order valence-corrected chi connectivity index (χ1v) is 9.34. The van der Waals surface area contributed by atoms with Crippen molar-refractivity contribution in [3.8, 4) is 0 Å². The summed E-state index contributed by atoms with van der Waals surface area (Å²) in [5.74, 6) is -1.11. The number of hydrogen-bond acceptors (Lipinski definition) is 3. The summed E-state index contributed by atoms with van der Waals surface area (Å²) < 4.78 is 0. The van der Waals surface area contributed by atoms with E-state index in [0.717, 1.165) is 16.7 Å². The van der Waals surface area contributed by atoms with E-state index in [9.17, 15) is 14.4 Å². The van der Waals surface area contributed by atoms with E-state index in [1.54, 1.807) is 24.3 Å². The zero-order valence-corrected chi connectivity index (χ0v) is 16.4. The lowest BCUT2D eigenvalue weighted by molar-refractivity contribution is 0.0925. The molecule has 0 fully saturated rings. The lowest BCUT2D eigenvalue weighted by atomic mass is 10.0. The zero-order chi connectivity index (χ0) is 20.7. The summed E-state index contributed by atoms with van der Waals surface area (Å²) >= 11 is 0. The van der Waals surface area contributed by atoms with Gasteiger partial charge in [-0.1, -0.05) is 35.9 Å². The second kappa shape index (κ2) is 7.02. The van der Waals surface area contributed by atoms with Crippen LogP contribution in [0.1, 0.15) is 47.8 Å². The zero-order valence-electron chi connectivity index (χ0n) is 16.4. The molecule has 0 aliphatic carbocycles. The summed E-state index contributed by atoms with van der Waals surface area (Å²) in [5, 5.41) is 2.79. The SMILES string of the molecule is Cc1cc(C)c(N2C(=O)c3ccc(C(=O)Nc4ccccc4)cc3C2=O)c(C)c1. The van der Waals surface area contributed by atoms with Gasteiger partial charge in [0.15, 0.2) is 0 Å². The Morgan fingerprint density at radius 2 is 1.41 bits per heavy atom. The van der Waals surface area contributed by atoms with Gasteiger partial charge in [0.25, 0.3) is 17.7 Å². The van der Waals surface area contributed by atoms with E-state index in [4.69, 9.17) is 0 Å². The minimum Gasteiger partial charge on any atom is -0.322 e. The molecule has 0 spiro atoms. The van der Waals surface area contributed by atoms with E-state index in [2.05, 4.69) is 5.32 Å². The smallest absolute Gasteiger partial charge is 0.266 e. The Balaban J connectivity index is 1.69. The summed E-state index contributed by atoms with van der Waals surface area (Å²) in [6, 6.07) is 17.6. The second-order valence-electron chi connectivity index (χ2n) is 7.27. The Hall–Kier alpha value is -3.73. The van der Waals surface area contributed by atoms with Crippen LogP contribution in [0.5, 0.6) is 0 Å². The minimum absolute atomic E-state index is 0.245. The number of aryl methyl sites for hydroxylation is 3. The summed E-state index contributed by atoms with van der Waals surface area (Å²) in [6.45, 7) is 5.75. The van der Waals surface area contributed by atoms with Crippen molar-refractivity contribution < 1.29 is 14.4 Å². The molecule has 0 unspecified atom stereocenters. The van der Waals surface area contributed by atoms with Crippen molar-refractivity contribution in [1.29, 1.82) is 0 Å². The Morgan fingerprint density at radius 3 is 2.07 bits per heavy atom. The quantitative estimate of drug-likeness (QED) is 0.668. The van der Waals surface area contributed by atoms with Crippen LogP contribution >= 0.6 is 0 Å². The van der Waals surface area contributed by atoms with E-state index < -0.39 is 5.91 Å². The van der Waals surface area contributed by atoms with Crippen LogP contribution in [0.4, 0.5) is 11.4 Å². The average molecular weight is 384 g/mol. The number of nitrogens with zero attached hydrogens (tertiary/aromatic N) is 1. The van der Waals surface area contributed by atoms with Crippen LogP contribution < -0.4 is 10.2 Å². The molecule has 144 valence electrons. The van der Waals surface area contributed by atoms with Crippen molar-refractivity contribution >= 4 is 29.1 Å². The standard InChI is InChI=1S/C24H20N2O3/c1-14-11-15(2)21(16(3)12-14)26-23(28)19-10-9-17(13-20(19)24(26)29)22(27)25-18-7-5-4-6-8-18/h4-13H,1-3H3,(H,25,27). The van der Waals surface area contributed by atoms with Crippen molar-refractivity contribution in [1.82, 2.24) is 0 Å². The molecule has 1 aliphatic heterocycles. The van der Waals surface area contributed by atoms with Gasteiger partial charge in [-0.2, -0.15) is 0 Å². The number of para-hydroxylation sites is 1. The molecule has 3 aromatic carbocycles. The molecule has 0 bridgehead atoms. The van der Waals surface area contributed by atoms with E-state index in [-0.39, 0.29) is 17.4 Å². The first kappa shape index (κ1) is 18.6. The van der Waals surface area contributed by atoms with Gasteiger partial charge in [-0.05, 0) is 62.2 Å². The van der Waals surface area contributed by atoms with Gasteiger partial charge >= 0.3 is 0 Å². The molecule has 3 amide bonds. The van der Waals surface area contributed by atoms with Crippen LogP contribution in [-0.4, -0.2) is 17.7 Å². The largest absolute Gasteiger partial charge is 0.322 e. The van der Waals surface area contributed by atoms with Crippen LogP contribution in [0.15, 0.2) is 60.7 Å². The third kappa shape index (κ3) is 3.21. The van der Waals surface area contributed by atoms with E-state index in [0.29, 0.717) is 22.5 Å². The lowest BCUT2D eigenvalue weighted by Crippen LogP contribution is -2.30. The molecule has 4 rings (SSSR count). The number of anilines is 2. The number of carbonyl (C=O) groups is 3. The van der Waals surface area contributed by atoms with Gasteiger partial charge in [0.05, 0.1) is 16.8 Å². The highest BCUT2D eigenvalue weighted by Crippen LogP contribution is 2.34. The van der Waals surface area contributed by atoms with Crippen molar-refractivity contribution in [3.63, 3.8) is 0 Å². The van der Waals surface area contributed by atoms with E-state index in [1.165, 1.54) is 11.0 Å². The van der Waals surface area contributed by atoms with Gasteiger partial charge in [0.1, 0.15) is 0 Å². The highest BCUT2D eigenvalue weighted by Gasteiger charge is 2.38. The molecule has 29 heavy (non-hydrogen) atoms. The van der Waals surface area contributed by atoms with E-state index >= 15 is 0 Å². The number of benzene rings is 3. The maximum Gasteiger partial charge on any atom is 0.266 e. The van der Waals surface area contributed by atoms with Gasteiger partial charge in [0.2, 0.25) is 0 Å². The molecular weight excluding hydrogens is 364 g/mol. The molecule has 0 saturated heterocycles. The Labute approximate surface area is 169 Å². The molecule has 5 nitrogen and oxygen atoms in total. The van der Waals surface area contributed by atoms with E-state index in [1.807, 2.05) is 51.1 Å². The Bertz CT molecular complexity index is 1140. The van der Waals surface area contributed by atoms with Crippen molar-refractivity contribution in [3.05, 3.63) is 94.0 Å². The summed E-state index contributed by atoms with van der Waals surface area (Å²) in [5.41, 5.74) is 4.94. The molecule has 0 radical (unpaired) electrons. The number of imide groups is 1. The third-order valence-electron chi connectivity index (χ3n) is 5.04. The molecule has 1 N–H and O–H groups in total. The normalized spacial score (nSPS) is 12.9. The van der Waals surface area contributed by atoms with Gasteiger partial charge in [-0.15, -0.1) is 0 Å². The average Bonchev–Trinajstić information content (AvgIpc) is 2.93. The summed E-state index contributed by atoms with van der Waals surface area (Å²) in [6.07, 6.45) is 0. The predicted molar refractivity (Wildman–Crippen MR) is 113 cm³/mol. The number of hydrogen-bond donors (Lipinski definition) is 1. The fraction of sp³-hybridized carbons (Fsp3) is 0.125. The topological polar surface area (TPSA) is 66.5 Å². The molecule has 0 aromatic heterocycles. The molecule has 0 saturated carbocycles. The van der Waals surface area contributed by atoms with Crippen LogP contribution in [-0.2, 0) is 0 Å². The van der Waals surface area contributed by atoms with Crippen LogP contribution in [0.3, 0.4) is 0 Å². The number of carbonyl (C=O) groups excluding carboxylic acids is 3. The van der Waals surface area contributed by atoms with Gasteiger partial charge in [-0.25, -0.2) is 4.90 Å². The maximum atomic E-state index is 13.1. The molecule has 0 atom stereocenters. The number of amides is 3. The summed E-state index contributed by atoms with van der Waals surface area (Å²) in [4.78, 5) is 39.9. The minimum atomic E-state index is -0.408. The van der Waals surface area contributed by atoms with Crippen molar-refractivity contribution in [2.75, 3.05) is 10.2 Å². The molecule has 5 heteroatoms. The second-order valence-corrected chi connectivity index (χ2v) is 7.27. The maximum absolute atomic E-state index is 13.1. The Morgan fingerprint density at radius 1 is 0.793 bits per heavy atom. The number of nitrogens with one attached hydrogen (secondary N) is 1. The molecule has 1 heterocycles. The molecule has 3 aromatic rings. The fourth-order valence-corrected chi connectivity index (χ4v) is 3.84. The number of fused-ring (bicyclic) bond motifs is 1. The molecular formula is C24H20N2O3. The van der Waals surface area contributed by atoms with Crippen LogP contribution in [0.25, 0.3) is 0 Å². The predicted octanol–water partition coefficient (Wildman–Crippen LogP) is 4.66. The fourth-order valence-electron chi connectivity index (χ4n) is 3.84. The third-order valence-corrected chi connectivity index (χ3v) is 5.04. The lowest BCUT2D eigenvalue weighted by Gasteiger charge is -2.20. The first-order valence-electron chi connectivity index (χ1n) is 9.34. The van der Waals surface area contributed by atoms with Crippen LogP contribution in [0.2, 0.25) is 0 Å². The van der Waals surface area contributed by atoms with Crippen molar-refractivity contribution in [2.24, 2.45) is 0 Å². The van der Waals surface area contributed by atoms with Gasteiger partial charge in [-0.3, -0.25) is 14.4 Å². The van der Waals surface area contributed by atoms with Gasteiger partial charge < -0.3 is 5.32 Å². The van der Waals surface area contributed by atoms with Crippen molar-refractivity contribution in [2.45, 2.75) is 20.8 Å². The highest BCUT2D eigenvalue weighted by atomic mass is 16.2. The highest BCUT2D eigenvalue weighted by molar-refractivity contribution is 6.35. The summed E-state index contributed by atoms with van der Waals surface area (Å²) in [7, 11) is 0. The first-order chi connectivity index (χ1) is 13.9.